The topological polar surface area (TPSA) is 18.5 Å². The molecule has 2 aliphatic heterocycles. The summed E-state index contributed by atoms with van der Waals surface area (Å²) < 4.78 is 0. The van der Waals surface area contributed by atoms with Crippen molar-refractivity contribution in [3.05, 3.63) is 35.4 Å². The van der Waals surface area contributed by atoms with Crippen LogP contribution in [-0.2, 0) is 6.42 Å². The molecule has 2 heterocycles. The average Bonchev–Trinajstić information content (AvgIpc) is 2.83. The Morgan fingerprint density at radius 3 is 2.63 bits per heavy atom. The second-order valence-corrected chi connectivity index (χ2v) is 6.15. The van der Waals surface area contributed by atoms with Crippen LogP contribution in [0.4, 0.5) is 0 Å². The third kappa shape index (κ3) is 2.10. The zero-order chi connectivity index (χ0) is 12.7. The lowest BCUT2D eigenvalue weighted by molar-refractivity contribution is -0.000809. The minimum Gasteiger partial charge on any atom is -0.314 e. The van der Waals surface area contributed by atoms with Crippen molar-refractivity contribution in [3.63, 3.8) is 0 Å². The van der Waals surface area contributed by atoms with E-state index in [-0.39, 0.29) is 0 Å². The highest BCUT2D eigenvalue weighted by molar-refractivity contribution is 5.34. The van der Waals surface area contributed by atoms with E-state index in [0.717, 1.165) is 6.04 Å². The summed E-state index contributed by atoms with van der Waals surface area (Å²) in [6.07, 6.45) is 2.60. The molecule has 0 aromatic heterocycles. The van der Waals surface area contributed by atoms with Crippen molar-refractivity contribution in [3.8, 4) is 0 Å². The fraction of sp³-hybridized carbons (Fsp3) is 0.625. The Bertz CT molecular complexity index is 447. The van der Waals surface area contributed by atoms with E-state index in [2.05, 4.69) is 39.4 Å². The molecule has 0 bridgehead atoms. The third-order valence-corrected chi connectivity index (χ3v) is 5.10. The minimum atomic E-state index is 0.704. The highest BCUT2D eigenvalue weighted by Gasteiger charge is 2.38. The van der Waals surface area contributed by atoms with Crippen molar-refractivity contribution in [2.45, 2.75) is 24.9 Å². The Hall–Kier alpha value is -0.900. The smallest absolute Gasteiger partial charge is 0.0355 e. The number of benzene rings is 1. The van der Waals surface area contributed by atoms with E-state index in [1.54, 1.807) is 11.1 Å². The number of likely N-dealkylation sites (tertiary alicyclic amines) is 1. The van der Waals surface area contributed by atoms with E-state index in [1.165, 1.54) is 52.1 Å². The van der Waals surface area contributed by atoms with Crippen molar-refractivity contribution in [2.75, 3.05) is 39.3 Å². The zero-order valence-corrected chi connectivity index (χ0v) is 11.5. The van der Waals surface area contributed by atoms with Crippen LogP contribution in [0.5, 0.6) is 0 Å². The number of hydrogen-bond donors (Lipinski definition) is 1. The number of fused-ring (bicyclic) bond motifs is 1. The Morgan fingerprint density at radius 2 is 1.79 bits per heavy atom. The molecule has 1 aromatic carbocycles. The molecule has 3 heteroatoms. The summed E-state index contributed by atoms with van der Waals surface area (Å²) in [6, 6.07) is 10.5. The predicted octanol–water partition coefficient (Wildman–Crippen LogP) is 1.26. The minimum absolute atomic E-state index is 0.704. The van der Waals surface area contributed by atoms with E-state index in [9.17, 15) is 0 Å². The molecular formula is C16H23N3. The van der Waals surface area contributed by atoms with Crippen molar-refractivity contribution >= 4 is 0 Å². The van der Waals surface area contributed by atoms with Gasteiger partial charge in [-0.05, 0) is 24.0 Å². The Balaban J connectivity index is 1.39. The van der Waals surface area contributed by atoms with Gasteiger partial charge in [0.05, 0.1) is 0 Å². The first-order valence-corrected chi connectivity index (χ1v) is 7.68. The number of hydrogen-bond acceptors (Lipinski definition) is 3. The molecule has 0 amide bonds. The van der Waals surface area contributed by atoms with Gasteiger partial charge >= 0.3 is 0 Å². The third-order valence-electron chi connectivity index (χ3n) is 5.10. The summed E-state index contributed by atoms with van der Waals surface area (Å²) in [5.41, 5.74) is 3.18. The Labute approximate surface area is 115 Å². The first kappa shape index (κ1) is 11.9. The molecule has 1 aromatic rings. The molecule has 102 valence electrons. The second kappa shape index (κ2) is 4.89. The molecule has 4 rings (SSSR count). The summed E-state index contributed by atoms with van der Waals surface area (Å²) in [5.74, 6) is 0. The van der Waals surface area contributed by atoms with Crippen LogP contribution in [0.3, 0.4) is 0 Å². The Morgan fingerprint density at radius 1 is 1.00 bits per heavy atom. The van der Waals surface area contributed by atoms with Gasteiger partial charge in [0.2, 0.25) is 0 Å². The molecule has 1 N–H and O–H groups in total. The first-order chi connectivity index (χ1) is 9.42. The van der Waals surface area contributed by atoms with Gasteiger partial charge in [-0.25, -0.2) is 0 Å². The van der Waals surface area contributed by atoms with Gasteiger partial charge in [-0.2, -0.15) is 0 Å². The number of piperazine rings is 1. The lowest BCUT2D eigenvalue weighted by atomic mass is 9.99. The Kier molecular flexibility index (Phi) is 3.06. The van der Waals surface area contributed by atoms with E-state index in [1.807, 2.05) is 0 Å². The van der Waals surface area contributed by atoms with Crippen LogP contribution in [0.2, 0.25) is 0 Å². The molecule has 1 aliphatic carbocycles. The van der Waals surface area contributed by atoms with Crippen LogP contribution in [0.25, 0.3) is 0 Å². The van der Waals surface area contributed by atoms with Crippen LogP contribution < -0.4 is 5.32 Å². The van der Waals surface area contributed by atoms with Crippen LogP contribution >= 0.6 is 0 Å². The SMILES string of the molecule is c1ccc2c(c1)CCC2N1CC(N2CCNCC2)C1. The van der Waals surface area contributed by atoms with Crippen LogP contribution in [0, 0.1) is 0 Å². The molecular weight excluding hydrogens is 234 g/mol. The van der Waals surface area contributed by atoms with Crippen molar-refractivity contribution < 1.29 is 0 Å². The molecule has 0 saturated carbocycles. The normalized spacial score (nSPS) is 29.2. The highest BCUT2D eigenvalue weighted by Crippen LogP contribution is 2.38. The molecule has 3 aliphatic rings. The molecule has 3 nitrogen and oxygen atoms in total. The highest BCUT2D eigenvalue weighted by atomic mass is 15.3. The van der Waals surface area contributed by atoms with Gasteiger partial charge in [0.1, 0.15) is 0 Å². The van der Waals surface area contributed by atoms with Gasteiger partial charge in [0.25, 0.3) is 0 Å². The average molecular weight is 257 g/mol. The number of aryl methyl sites for hydroxylation is 1. The van der Waals surface area contributed by atoms with Gasteiger partial charge in [-0.3, -0.25) is 9.80 Å². The van der Waals surface area contributed by atoms with Crippen molar-refractivity contribution in [1.82, 2.24) is 15.1 Å². The number of rotatable bonds is 2. The standard InChI is InChI=1S/C16H23N3/c1-2-4-15-13(3-1)5-6-16(15)19-11-14(12-19)18-9-7-17-8-10-18/h1-4,14,16-17H,5-12H2. The first-order valence-electron chi connectivity index (χ1n) is 7.68. The summed E-state index contributed by atoms with van der Waals surface area (Å²) >= 11 is 0. The molecule has 0 spiro atoms. The number of nitrogens with one attached hydrogen (secondary N) is 1. The molecule has 1 atom stereocenters. The number of nitrogens with zero attached hydrogens (tertiary/aromatic N) is 2. The fourth-order valence-corrected chi connectivity index (χ4v) is 3.93. The molecule has 2 fully saturated rings. The lowest BCUT2D eigenvalue weighted by Crippen LogP contribution is -2.63. The maximum absolute atomic E-state index is 3.44. The van der Waals surface area contributed by atoms with E-state index >= 15 is 0 Å². The van der Waals surface area contributed by atoms with E-state index in [0.29, 0.717) is 6.04 Å². The van der Waals surface area contributed by atoms with E-state index in [4.69, 9.17) is 0 Å². The van der Waals surface area contributed by atoms with E-state index < -0.39 is 0 Å². The van der Waals surface area contributed by atoms with Gasteiger partial charge in [0, 0.05) is 51.4 Å². The van der Waals surface area contributed by atoms with Gasteiger partial charge in [-0.1, -0.05) is 24.3 Å². The molecule has 1 unspecified atom stereocenters. The second-order valence-electron chi connectivity index (χ2n) is 6.15. The quantitative estimate of drug-likeness (QED) is 0.860. The molecule has 2 saturated heterocycles. The monoisotopic (exact) mass is 257 g/mol. The maximum Gasteiger partial charge on any atom is 0.0355 e. The van der Waals surface area contributed by atoms with Gasteiger partial charge < -0.3 is 5.32 Å². The maximum atomic E-state index is 3.44. The predicted molar refractivity (Wildman–Crippen MR) is 77.3 cm³/mol. The summed E-state index contributed by atoms with van der Waals surface area (Å²) in [7, 11) is 0. The lowest BCUT2D eigenvalue weighted by Gasteiger charge is -2.49. The van der Waals surface area contributed by atoms with Crippen LogP contribution in [0.1, 0.15) is 23.6 Å². The summed E-state index contributed by atoms with van der Waals surface area (Å²) in [5, 5.41) is 3.44. The van der Waals surface area contributed by atoms with Crippen molar-refractivity contribution in [1.29, 1.82) is 0 Å². The van der Waals surface area contributed by atoms with Gasteiger partial charge in [-0.15, -0.1) is 0 Å². The van der Waals surface area contributed by atoms with Crippen LogP contribution in [0.15, 0.2) is 24.3 Å². The summed E-state index contributed by atoms with van der Waals surface area (Å²) in [6.45, 7) is 7.36. The molecule has 19 heavy (non-hydrogen) atoms. The van der Waals surface area contributed by atoms with Crippen molar-refractivity contribution in [2.24, 2.45) is 0 Å². The largest absolute Gasteiger partial charge is 0.314 e. The summed E-state index contributed by atoms with van der Waals surface area (Å²) in [4.78, 5) is 5.37. The zero-order valence-electron chi connectivity index (χ0n) is 11.5. The molecule has 0 radical (unpaired) electrons. The van der Waals surface area contributed by atoms with Gasteiger partial charge in [0.15, 0.2) is 0 Å². The fourth-order valence-electron chi connectivity index (χ4n) is 3.93. The van der Waals surface area contributed by atoms with Crippen LogP contribution in [-0.4, -0.2) is 55.1 Å².